The summed E-state index contributed by atoms with van der Waals surface area (Å²) in [4.78, 5) is 26.0. The standard InChI is InChI=1S/C12H13N3O3S/c1-7-3-9(5-13)4-11(14-7)19-6-10(12(17)18)15-8(2)16/h3-4,10H,6H2,1-2H3,(H,15,16)(H,17,18)/t10-/m0/s1. The maximum atomic E-state index is 10.9. The van der Waals surface area contributed by atoms with Crippen LogP contribution in [0.5, 0.6) is 0 Å². The summed E-state index contributed by atoms with van der Waals surface area (Å²) >= 11 is 1.18. The number of thioether (sulfide) groups is 1. The lowest BCUT2D eigenvalue weighted by Gasteiger charge is -2.12. The highest BCUT2D eigenvalue weighted by Gasteiger charge is 2.18. The number of carbonyl (C=O) groups excluding carboxylic acids is 1. The number of carboxylic acid groups (broad SMARTS) is 1. The Hall–Kier alpha value is -2.07. The summed E-state index contributed by atoms with van der Waals surface area (Å²) in [5, 5.41) is 20.7. The smallest absolute Gasteiger partial charge is 0.327 e. The quantitative estimate of drug-likeness (QED) is 0.778. The van der Waals surface area contributed by atoms with Gasteiger partial charge in [0.25, 0.3) is 0 Å². The van der Waals surface area contributed by atoms with Crippen LogP contribution in [0.2, 0.25) is 0 Å². The number of amides is 1. The third kappa shape index (κ3) is 4.97. The first-order valence-electron chi connectivity index (χ1n) is 5.44. The number of nitrogens with one attached hydrogen (secondary N) is 1. The van der Waals surface area contributed by atoms with Crippen LogP contribution in [-0.2, 0) is 9.59 Å². The summed E-state index contributed by atoms with van der Waals surface area (Å²) < 4.78 is 0. The molecular weight excluding hydrogens is 266 g/mol. The van der Waals surface area contributed by atoms with Gasteiger partial charge in [0.1, 0.15) is 6.04 Å². The van der Waals surface area contributed by atoms with Crippen LogP contribution in [0, 0.1) is 18.3 Å². The van der Waals surface area contributed by atoms with Gasteiger partial charge in [0, 0.05) is 18.4 Å². The lowest BCUT2D eigenvalue weighted by molar-refractivity contribution is -0.140. The molecule has 0 spiro atoms. The number of aliphatic carboxylic acids is 1. The van der Waals surface area contributed by atoms with Crippen molar-refractivity contribution in [1.82, 2.24) is 10.3 Å². The van der Waals surface area contributed by atoms with E-state index in [0.717, 1.165) is 0 Å². The predicted molar refractivity (Wildman–Crippen MR) is 69.7 cm³/mol. The molecule has 0 aromatic carbocycles. The van der Waals surface area contributed by atoms with Crippen LogP contribution in [0.15, 0.2) is 17.2 Å². The number of carbonyl (C=O) groups is 2. The van der Waals surface area contributed by atoms with Gasteiger partial charge >= 0.3 is 5.97 Å². The molecule has 0 saturated carbocycles. The van der Waals surface area contributed by atoms with Crippen molar-refractivity contribution in [2.24, 2.45) is 0 Å². The van der Waals surface area contributed by atoms with Crippen LogP contribution in [-0.4, -0.2) is 33.8 Å². The number of aryl methyl sites for hydroxylation is 1. The lowest BCUT2D eigenvalue weighted by atomic mass is 10.2. The molecular formula is C12H13N3O3S. The second-order valence-corrected chi connectivity index (χ2v) is 4.89. The van der Waals surface area contributed by atoms with Gasteiger partial charge in [0.15, 0.2) is 0 Å². The van der Waals surface area contributed by atoms with Crippen LogP contribution < -0.4 is 5.32 Å². The maximum absolute atomic E-state index is 10.9. The molecule has 0 aliphatic heterocycles. The number of rotatable bonds is 5. The summed E-state index contributed by atoms with van der Waals surface area (Å²) in [5.41, 5.74) is 1.16. The first-order chi connectivity index (χ1) is 8.92. The zero-order valence-corrected chi connectivity index (χ0v) is 11.3. The molecule has 0 radical (unpaired) electrons. The van der Waals surface area contributed by atoms with Crippen LogP contribution in [0.1, 0.15) is 18.2 Å². The number of nitriles is 1. The van der Waals surface area contributed by atoms with Gasteiger partial charge in [-0.3, -0.25) is 4.79 Å². The molecule has 1 aromatic rings. The average molecular weight is 279 g/mol. The highest BCUT2D eigenvalue weighted by molar-refractivity contribution is 7.99. The van der Waals surface area contributed by atoms with Crippen LogP contribution in [0.3, 0.4) is 0 Å². The van der Waals surface area contributed by atoms with E-state index in [4.69, 9.17) is 10.4 Å². The molecule has 6 nitrogen and oxygen atoms in total. The first kappa shape index (κ1) is 15.0. The summed E-state index contributed by atoms with van der Waals surface area (Å²) in [6, 6.07) is 4.27. The van der Waals surface area contributed by atoms with E-state index in [-0.39, 0.29) is 5.75 Å². The van der Waals surface area contributed by atoms with Gasteiger partial charge in [-0.05, 0) is 19.1 Å². The molecule has 1 heterocycles. The predicted octanol–water partition coefficient (Wildman–Crippen LogP) is 0.943. The maximum Gasteiger partial charge on any atom is 0.327 e. The largest absolute Gasteiger partial charge is 0.480 e. The Labute approximate surface area is 114 Å². The normalized spacial score (nSPS) is 11.4. The Morgan fingerprint density at radius 3 is 2.79 bits per heavy atom. The van der Waals surface area contributed by atoms with Gasteiger partial charge in [0.05, 0.1) is 16.7 Å². The van der Waals surface area contributed by atoms with Gasteiger partial charge in [-0.1, -0.05) is 0 Å². The molecule has 0 unspecified atom stereocenters. The fourth-order valence-corrected chi connectivity index (χ4v) is 2.35. The van der Waals surface area contributed by atoms with Crippen LogP contribution in [0.25, 0.3) is 0 Å². The third-order valence-corrected chi connectivity index (χ3v) is 3.14. The highest BCUT2D eigenvalue weighted by atomic mass is 32.2. The average Bonchev–Trinajstić information content (AvgIpc) is 2.33. The Morgan fingerprint density at radius 2 is 2.26 bits per heavy atom. The van der Waals surface area contributed by atoms with Gasteiger partial charge in [-0.15, -0.1) is 11.8 Å². The number of nitrogens with zero attached hydrogens (tertiary/aromatic N) is 2. The fourth-order valence-electron chi connectivity index (χ4n) is 1.37. The zero-order valence-electron chi connectivity index (χ0n) is 10.5. The van der Waals surface area contributed by atoms with Gasteiger partial charge in [-0.2, -0.15) is 5.26 Å². The van der Waals surface area contributed by atoms with E-state index in [0.29, 0.717) is 16.3 Å². The Morgan fingerprint density at radius 1 is 1.58 bits per heavy atom. The van der Waals surface area contributed by atoms with Crippen molar-refractivity contribution in [1.29, 1.82) is 5.26 Å². The van der Waals surface area contributed by atoms with E-state index < -0.39 is 17.9 Å². The van der Waals surface area contributed by atoms with Gasteiger partial charge < -0.3 is 10.4 Å². The van der Waals surface area contributed by atoms with E-state index in [1.54, 1.807) is 19.1 Å². The molecule has 1 amide bonds. The van der Waals surface area contributed by atoms with Crippen molar-refractivity contribution >= 4 is 23.6 Å². The number of carboxylic acids is 1. The van der Waals surface area contributed by atoms with Gasteiger partial charge in [-0.25, -0.2) is 9.78 Å². The van der Waals surface area contributed by atoms with Crippen molar-refractivity contribution in [3.8, 4) is 6.07 Å². The Kier molecular flexibility index (Phi) is 5.33. The van der Waals surface area contributed by atoms with Crippen molar-refractivity contribution in [3.05, 3.63) is 23.4 Å². The minimum absolute atomic E-state index is 0.149. The van der Waals surface area contributed by atoms with Crippen LogP contribution in [0.4, 0.5) is 0 Å². The summed E-state index contributed by atoms with van der Waals surface area (Å²) in [6.45, 7) is 3.02. The van der Waals surface area contributed by atoms with Crippen molar-refractivity contribution in [2.75, 3.05) is 5.75 Å². The number of hydrogen-bond donors (Lipinski definition) is 2. The number of pyridine rings is 1. The van der Waals surface area contributed by atoms with Crippen molar-refractivity contribution in [2.45, 2.75) is 24.9 Å². The highest BCUT2D eigenvalue weighted by Crippen LogP contribution is 2.18. The van der Waals surface area contributed by atoms with E-state index in [9.17, 15) is 9.59 Å². The molecule has 0 aliphatic carbocycles. The van der Waals surface area contributed by atoms with Crippen LogP contribution >= 0.6 is 11.8 Å². The van der Waals surface area contributed by atoms with E-state index in [1.807, 2.05) is 6.07 Å². The second-order valence-electron chi connectivity index (χ2n) is 3.85. The van der Waals surface area contributed by atoms with Gasteiger partial charge in [0.2, 0.25) is 5.91 Å². The molecule has 2 N–H and O–H groups in total. The van der Waals surface area contributed by atoms with E-state index in [2.05, 4.69) is 10.3 Å². The van der Waals surface area contributed by atoms with Crippen molar-refractivity contribution < 1.29 is 14.7 Å². The molecule has 7 heteroatoms. The molecule has 0 fully saturated rings. The molecule has 100 valence electrons. The molecule has 0 bridgehead atoms. The lowest BCUT2D eigenvalue weighted by Crippen LogP contribution is -2.41. The summed E-state index contributed by atoms with van der Waals surface area (Å²) in [5.74, 6) is -1.35. The topological polar surface area (TPSA) is 103 Å². The monoisotopic (exact) mass is 279 g/mol. The summed E-state index contributed by atoms with van der Waals surface area (Å²) in [6.07, 6.45) is 0. The molecule has 1 atom stereocenters. The van der Waals surface area contributed by atoms with E-state index in [1.165, 1.54) is 18.7 Å². The third-order valence-electron chi connectivity index (χ3n) is 2.13. The molecule has 1 aromatic heterocycles. The molecule has 0 aliphatic rings. The Bertz CT molecular complexity index is 540. The molecule has 0 saturated heterocycles. The minimum atomic E-state index is -1.10. The number of hydrogen-bond acceptors (Lipinski definition) is 5. The fraction of sp³-hybridized carbons (Fsp3) is 0.333. The zero-order chi connectivity index (χ0) is 14.4. The molecule has 1 rings (SSSR count). The van der Waals surface area contributed by atoms with Crippen molar-refractivity contribution in [3.63, 3.8) is 0 Å². The summed E-state index contributed by atoms with van der Waals surface area (Å²) in [7, 11) is 0. The first-order valence-corrected chi connectivity index (χ1v) is 6.42. The molecule has 19 heavy (non-hydrogen) atoms. The minimum Gasteiger partial charge on any atom is -0.480 e. The van der Waals surface area contributed by atoms with E-state index >= 15 is 0 Å². The Balaban J connectivity index is 2.74. The number of aromatic nitrogens is 1. The SMILES string of the molecule is CC(=O)N[C@@H](CSc1cc(C#N)cc(C)n1)C(=O)O. The second kappa shape index (κ2) is 6.75.